The van der Waals surface area contributed by atoms with Crippen LogP contribution in [0.5, 0.6) is 0 Å². The molecule has 0 saturated carbocycles. The van der Waals surface area contributed by atoms with E-state index in [1.54, 1.807) is 0 Å². The van der Waals surface area contributed by atoms with Gasteiger partial charge in [0.2, 0.25) is 15.8 Å². The van der Waals surface area contributed by atoms with Crippen molar-refractivity contribution in [2.75, 3.05) is 13.2 Å². The number of para-hydroxylation sites is 1. The fraction of sp³-hybridized carbons (Fsp3) is 0.250. The van der Waals surface area contributed by atoms with Crippen molar-refractivity contribution in [1.82, 2.24) is 4.72 Å². The van der Waals surface area contributed by atoms with Crippen LogP contribution in [0, 0.1) is 15.9 Å². The number of aliphatic hydroxyl groups excluding tert-OH is 1. The molecule has 0 atom stereocenters. The van der Waals surface area contributed by atoms with Gasteiger partial charge in [-0.2, -0.15) is 4.39 Å². The zero-order valence-electron chi connectivity index (χ0n) is 8.46. The Bertz CT molecular complexity index is 531. The van der Waals surface area contributed by atoms with E-state index < -0.39 is 38.0 Å². The number of halogens is 1. The maximum Gasteiger partial charge on any atom is 0.324 e. The number of hydrogen-bond acceptors (Lipinski definition) is 5. The summed E-state index contributed by atoms with van der Waals surface area (Å²) in [6.45, 7) is -0.779. The molecule has 0 fully saturated rings. The van der Waals surface area contributed by atoms with Crippen molar-refractivity contribution >= 4 is 15.7 Å². The summed E-state index contributed by atoms with van der Waals surface area (Å²) >= 11 is 0. The van der Waals surface area contributed by atoms with Crippen molar-refractivity contribution in [1.29, 1.82) is 0 Å². The minimum Gasteiger partial charge on any atom is -0.395 e. The van der Waals surface area contributed by atoms with Crippen LogP contribution >= 0.6 is 0 Å². The Balaban J connectivity index is 3.31. The van der Waals surface area contributed by atoms with Gasteiger partial charge < -0.3 is 5.11 Å². The highest BCUT2D eigenvalue weighted by molar-refractivity contribution is 7.89. The minimum atomic E-state index is -4.21. The molecule has 2 N–H and O–H groups in total. The van der Waals surface area contributed by atoms with Crippen LogP contribution in [0.1, 0.15) is 0 Å². The third kappa shape index (κ3) is 2.96. The van der Waals surface area contributed by atoms with Gasteiger partial charge in [-0.1, -0.05) is 6.07 Å². The molecule has 0 bridgehead atoms. The van der Waals surface area contributed by atoms with Gasteiger partial charge in [-0.3, -0.25) is 10.1 Å². The Morgan fingerprint density at radius 1 is 1.47 bits per heavy atom. The Morgan fingerprint density at radius 2 is 2.12 bits per heavy atom. The van der Waals surface area contributed by atoms with Gasteiger partial charge in [-0.15, -0.1) is 0 Å². The average Bonchev–Trinajstić information content (AvgIpc) is 2.25. The second-order valence-corrected chi connectivity index (χ2v) is 4.70. The number of sulfonamides is 1. The van der Waals surface area contributed by atoms with Gasteiger partial charge in [0.1, 0.15) is 0 Å². The van der Waals surface area contributed by atoms with Gasteiger partial charge in [-0.05, 0) is 12.1 Å². The SMILES string of the molecule is O=[N+]([O-])c1c(F)cccc1S(=O)(=O)NCCO. The van der Waals surface area contributed by atoms with E-state index in [1.165, 1.54) is 0 Å². The zero-order chi connectivity index (χ0) is 13.1. The summed E-state index contributed by atoms with van der Waals surface area (Å²) in [6, 6.07) is 2.76. The van der Waals surface area contributed by atoms with E-state index in [9.17, 15) is 22.9 Å². The average molecular weight is 264 g/mol. The Labute approximate surface area is 96.1 Å². The minimum absolute atomic E-state index is 0.310. The molecule has 0 aliphatic rings. The molecule has 0 radical (unpaired) electrons. The second kappa shape index (κ2) is 5.17. The molecule has 1 aromatic carbocycles. The fourth-order valence-electron chi connectivity index (χ4n) is 1.15. The molecule has 0 spiro atoms. The largest absolute Gasteiger partial charge is 0.395 e. The Hall–Kier alpha value is -1.58. The van der Waals surface area contributed by atoms with Crippen LogP contribution in [-0.4, -0.2) is 31.6 Å². The van der Waals surface area contributed by atoms with Crippen LogP contribution in [0.2, 0.25) is 0 Å². The molecule has 0 aromatic heterocycles. The lowest BCUT2D eigenvalue weighted by Crippen LogP contribution is -2.27. The summed E-state index contributed by atoms with van der Waals surface area (Å²) in [5, 5.41) is 19.1. The third-order valence-corrected chi connectivity index (χ3v) is 3.32. The lowest BCUT2D eigenvalue weighted by Gasteiger charge is -2.06. The summed E-state index contributed by atoms with van der Waals surface area (Å²) in [7, 11) is -4.21. The first kappa shape index (κ1) is 13.5. The number of nitro benzene ring substituents is 1. The summed E-state index contributed by atoms with van der Waals surface area (Å²) in [5.74, 6) is -1.23. The summed E-state index contributed by atoms with van der Waals surface area (Å²) < 4.78 is 38.2. The normalized spacial score (nSPS) is 11.4. The van der Waals surface area contributed by atoms with Crippen molar-refractivity contribution < 1.29 is 22.8 Å². The van der Waals surface area contributed by atoms with E-state index in [1.807, 2.05) is 4.72 Å². The molecule has 0 heterocycles. The zero-order valence-corrected chi connectivity index (χ0v) is 9.28. The summed E-state index contributed by atoms with van der Waals surface area (Å²) in [5.41, 5.74) is -1.11. The molecular formula is C8H9FN2O5S. The van der Waals surface area contributed by atoms with Crippen molar-refractivity contribution in [3.05, 3.63) is 34.1 Å². The first-order valence-electron chi connectivity index (χ1n) is 4.43. The van der Waals surface area contributed by atoms with Crippen LogP contribution in [-0.2, 0) is 10.0 Å². The van der Waals surface area contributed by atoms with Crippen molar-refractivity contribution in [3.8, 4) is 0 Å². The van der Waals surface area contributed by atoms with E-state index in [0.29, 0.717) is 0 Å². The molecule has 1 aromatic rings. The van der Waals surface area contributed by atoms with Gasteiger partial charge in [0.15, 0.2) is 4.90 Å². The van der Waals surface area contributed by atoms with Crippen molar-refractivity contribution in [2.24, 2.45) is 0 Å². The molecule has 0 aliphatic carbocycles. The highest BCUT2D eigenvalue weighted by Gasteiger charge is 2.28. The van der Waals surface area contributed by atoms with Crippen LogP contribution in [0.25, 0.3) is 0 Å². The maximum atomic E-state index is 13.2. The number of hydrogen-bond donors (Lipinski definition) is 2. The first-order valence-corrected chi connectivity index (χ1v) is 5.92. The molecule has 0 unspecified atom stereocenters. The highest BCUT2D eigenvalue weighted by Crippen LogP contribution is 2.26. The first-order chi connectivity index (χ1) is 7.90. The van der Waals surface area contributed by atoms with Crippen molar-refractivity contribution in [2.45, 2.75) is 4.90 Å². The van der Waals surface area contributed by atoms with Crippen molar-refractivity contribution in [3.63, 3.8) is 0 Å². The van der Waals surface area contributed by atoms with Crippen LogP contribution in [0.3, 0.4) is 0 Å². The quantitative estimate of drug-likeness (QED) is 0.574. The van der Waals surface area contributed by atoms with Gasteiger partial charge in [0.05, 0.1) is 11.5 Å². The smallest absolute Gasteiger partial charge is 0.324 e. The summed E-state index contributed by atoms with van der Waals surface area (Å²) in [6.07, 6.45) is 0. The predicted octanol–water partition coefficient (Wildman–Crippen LogP) is 0.00450. The predicted molar refractivity (Wildman–Crippen MR) is 55.3 cm³/mol. The van der Waals surface area contributed by atoms with E-state index in [-0.39, 0.29) is 6.54 Å². The number of nitro groups is 1. The standard InChI is InChI=1S/C8H9FN2O5S/c9-6-2-1-3-7(8(6)11(13)14)17(15,16)10-4-5-12/h1-3,10,12H,4-5H2. The van der Waals surface area contributed by atoms with Crippen LogP contribution < -0.4 is 4.72 Å². The van der Waals surface area contributed by atoms with E-state index in [4.69, 9.17) is 5.11 Å². The van der Waals surface area contributed by atoms with Gasteiger partial charge in [0, 0.05) is 6.54 Å². The lowest BCUT2D eigenvalue weighted by molar-refractivity contribution is -0.390. The molecule has 1 rings (SSSR count). The number of nitrogens with one attached hydrogen (secondary N) is 1. The molecular weight excluding hydrogens is 255 g/mol. The molecule has 7 nitrogen and oxygen atoms in total. The topological polar surface area (TPSA) is 110 Å². The van der Waals surface area contributed by atoms with Gasteiger partial charge in [-0.25, -0.2) is 13.1 Å². The Kier molecular flexibility index (Phi) is 4.10. The van der Waals surface area contributed by atoms with E-state index in [2.05, 4.69) is 0 Å². The van der Waals surface area contributed by atoms with E-state index >= 15 is 0 Å². The molecule has 17 heavy (non-hydrogen) atoms. The third-order valence-electron chi connectivity index (χ3n) is 1.83. The second-order valence-electron chi connectivity index (χ2n) is 2.97. The number of rotatable bonds is 5. The molecule has 0 amide bonds. The molecule has 0 saturated heterocycles. The van der Waals surface area contributed by atoms with Crippen LogP contribution in [0.15, 0.2) is 23.1 Å². The lowest BCUT2D eigenvalue weighted by atomic mass is 10.3. The molecule has 9 heteroatoms. The monoisotopic (exact) mass is 264 g/mol. The van der Waals surface area contributed by atoms with Gasteiger partial charge >= 0.3 is 5.69 Å². The number of aliphatic hydroxyl groups is 1. The van der Waals surface area contributed by atoms with Crippen LogP contribution in [0.4, 0.5) is 10.1 Å². The molecule has 94 valence electrons. The number of benzene rings is 1. The molecule has 0 aliphatic heterocycles. The maximum absolute atomic E-state index is 13.2. The summed E-state index contributed by atoms with van der Waals surface area (Å²) in [4.78, 5) is 8.71. The fourth-order valence-corrected chi connectivity index (χ4v) is 2.35. The van der Waals surface area contributed by atoms with E-state index in [0.717, 1.165) is 18.2 Å². The Morgan fingerprint density at radius 3 is 2.65 bits per heavy atom. The number of nitrogens with zero attached hydrogens (tertiary/aromatic N) is 1. The highest BCUT2D eigenvalue weighted by atomic mass is 32.2. The van der Waals surface area contributed by atoms with Gasteiger partial charge in [0.25, 0.3) is 0 Å².